The van der Waals surface area contributed by atoms with Crippen molar-refractivity contribution in [2.75, 3.05) is 41.0 Å². The van der Waals surface area contributed by atoms with Crippen LogP contribution in [-0.4, -0.2) is 75.5 Å². The van der Waals surface area contributed by atoms with Gasteiger partial charge in [-0.05, 0) is 32.1 Å². The third-order valence-electron chi connectivity index (χ3n) is 11.8. The van der Waals surface area contributed by atoms with E-state index in [1.54, 1.807) is 21.1 Å². The van der Waals surface area contributed by atoms with E-state index in [4.69, 9.17) is 14.2 Å². The van der Waals surface area contributed by atoms with Crippen LogP contribution in [0.3, 0.4) is 0 Å². The normalized spacial score (nSPS) is 13.3. The van der Waals surface area contributed by atoms with E-state index in [9.17, 15) is 19.5 Å². The summed E-state index contributed by atoms with van der Waals surface area (Å²) in [5.74, 6) is -1.76. The number of rotatable bonds is 47. The number of hydrogen-bond acceptors (Lipinski definition) is 7. The van der Waals surface area contributed by atoms with Crippen molar-refractivity contribution in [3.63, 3.8) is 0 Å². The van der Waals surface area contributed by atoms with E-state index in [1.807, 2.05) is 36.5 Å². The maximum Gasteiger partial charge on any atom is 0.306 e. The molecule has 0 aliphatic heterocycles. The molecule has 370 valence electrons. The number of carbonyl (C=O) groups is 3. The highest BCUT2D eigenvalue weighted by atomic mass is 16.6. The van der Waals surface area contributed by atoms with Gasteiger partial charge in [0.2, 0.25) is 0 Å². The molecule has 0 bridgehead atoms. The average molecular weight is 898 g/mol. The SMILES string of the molecule is CCC/C=C/C=C/C=C/C=C/C=C/CCCCCCCC(=O)OCC(COCCC(C(=O)[O-])[N+](C)(C)C)OC(=O)CCCCCCCCCCCCCCCCCCCCCCCC. The molecule has 0 saturated carbocycles. The second-order valence-corrected chi connectivity index (χ2v) is 18.9. The van der Waals surface area contributed by atoms with E-state index >= 15 is 0 Å². The number of nitrogens with zero attached hydrogens (tertiary/aromatic N) is 1. The highest BCUT2D eigenvalue weighted by Crippen LogP contribution is 2.16. The quantitative estimate of drug-likeness (QED) is 0.0259. The smallest absolute Gasteiger partial charge is 0.306 e. The molecule has 0 aromatic rings. The van der Waals surface area contributed by atoms with Gasteiger partial charge in [-0.2, -0.15) is 0 Å². The number of aliphatic carboxylic acids is 1. The number of carboxylic acids is 1. The van der Waals surface area contributed by atoms with Crippen LogP contribution in [0.15, 0.2) is 60.8 Å². The van der Waals surface area contributed by atoms with Crippen molar-refractivity contribution < 1.29 is 38.2 Å². The molecule has 0 heterocycles. The van der Waals surface area contributed by atoms with Crippen LogP contribution in [0.5, 0.6) is 0 Å². The van der Waals surface area contributed by atoms with Gasteiger partial charge in [0.1, 0.15) is 12.6 Å². The topological polar surface area (TPSA) is 102 Å². The second kappa shape index (κ2) is 46.6. The summed E-state index contributed by atoms with van der Waals surface area (Å²) in [7, 11) is 5.41. The Balaban J connectivity index is 4.25. The summed E-state index contributed by atoms with van der Waals surface area (Å²) in [6.45, 7) is 4.58. The monoisotopic (exact) mass is 898 g/mol. The Morgan fingerprint density at radius 2 is 0.859 bits per heavy atom. The summed E-state index contributed by atoms with van der Waals surface area (Å²) in [6, 6.07) is -0.732. The number of quaternary nitrogens is 1. The van der Waals surface area contributed by atoms with Crippen molar-refractivity contribution >= 4 is 17.9 Å². The van der Waals surface area contributed by atoms with Crippen molar-refractivity contribution in [2.24, 2.45) is 0 Å². The van der Waals surface area contributed by atoms with Gasteiger partial charge in [0.25, 0.3) is 0 Å². The third kappa shape index (κ3) is 44.2. The minimum atomic E-state index is -1.13. The summed E-state index contributed by atoms with van der Waals surface area (Å²) in [4.78, 5) is 37.1. The van der Waals surface area contributed by atoms with Gasteiger partial charge in [-0.3, -0.25) is 9.59 Å². The third-order valence-corrected chi connectivity index (χ3v) is 11.8. The summed E-state index contributed by atoms with van der Waals surface area (Å²) in [5, 5.41) is 11.7. The Morgan fingerprint density at radius 1 is 0.469 bits per heavy atom. The molecule has 0 aromatic heterocycles. The molecule has 0 N–H and O–H groups in total. The van der Waals surface area contributed by atoms with Gasteiger partial charge in [0, 0.05) is 19.3 Å². The number of likely N-dealkylation sites (N-methyl/N-ethyl adjacent to an activating group) is 1. The molecule has 0 saturated heterocycles. The summed E-state index contributed by atoms with van der Waals surface area (Å²) in [5.41, 5.74) is 0. The highest BCUT2D eigenvalue weighted by molar-refractivity contribution is 5.70. The predicted molar refractivity (Wildman–Crippen MR) is 268 cm³/mol. The Labute approximate surface area is 394 Å². The minimum absolute atomic E-state index is 0.0323. The first-order valence-electron chi connectivity index (χ1n) is 26.4. The molecule has 0 rings (SSSR count). The summed E-state index contributed by atoms with van der Waals surface area (Å²) in [6.07, 6.45) is 58.2. The van der Waals surface area contributed by atoms with Crippen LogP contribution in [0.25, 0.3) is 0 Å². The molecule has 64 heavy (non-hydrogen) atoms. The number of esters is 2. The van der Waals surface area contributed by atoms with Gasteiger partial charge < -0.3 is 28.6 Å². The molecule has 8 nitrogen and oxygen atoms in total. The molecular weight excluding hydrogens is 799 g/mol. The number of carboxylic acid groups (broad SMARTS) is 1. The number of ether oxygens (including phenoxy) is 3. The highest BCUT2D eigenvalue weighted by Gasteiger charge is 2.25. The molecule has 0 aliphatic rings. The van der Waals surface area contributed by atoms with Crippen molar-refractivity contribution in [3.05, 3.63) is 60.8 Å². The largest absolute Gasteiger partial charge is 0.544 e. The van der Waals surface area contributed by atoms with Gasteiger partial charge in [0.05, 0.1) is 40.3 Å². The first-order valence-corrected chi connectivity index (χ1v) is 26.4. The van der Waals surface area contributed by atoms with Gasteiger partial charge >= 0.3 is 11.9 Å². The Kier molecular flexibility index (Phi) is 44.4. The zero-order valence-corrected chi connectivity index (χ0v) is 42.2. The van der Waals surface area contributed by atoms with E-state index in [1.165, 1.54) is 128 Å². The Bertz CT molecular complexity index is 1230. The lowest BCUT2D eigenvalue weighted by Gasteiger charge is -2.34. The molecule has 2 atom stereocenters. The average Bonchev–Trinajstić information content (AvgIpc) is 3.26. The van der Waals surface area contributed by atoms with Crippen LogP contribution in [0.4, 0.5) is 0 Å². The second-order valence-electron chi connectivity index (χ2n) is 18.9. The van der Waals surface area contributed by atoms with Crippen molar-refractivity contribution in [1.29, 1.82) is 0 Å². The fourth-order valence-corrected chi connectivity index (χ4v) is 7.69. The van der Waals surface area contributed by atoms with Crippen molar-refractivity contribution in [2.45, 2.75) is 238 Å². The zero-order chi connectivity index (χ0) is 47.0. The molecule has 0 aliphatic carbocycles. The Hall–Kier alpha value is -2.97. The Morgan fingerprint density at radius 3 is 1.28 bits per heavy atom. The lowest BCUT2D eigenvalue weighted by molar-refractivity contribution is -0.889. The van der Waals surface area contributed by atoms with Gasteiger partial charge in [-0.1, -0.05) is 235 Å². The van der Waals surface area contributed by atoms with Crippen molar-refractivity contribution in [3.8, 4) is 0 Å². The summed E-state index contributed by atoms with van der Waals surface area (Å²) < 4.78 is 17.2. The van der Waals surface area contributed by atoms with Gasteiger partial charge in [-0.25, -0.2) is 0 Å². The van der Waals surface area contributed by atoms with Crippen LogP contribution < -0.4 is 5.11 Å². The van der Waals surface area contributed by atoms with E-state index in [2.05, 4.69) is 38.2 Å². The lowest BCUT2D eigenvalue weighted by atomic mass is 10.0. The first kappa shape index (κ1) is 61.0. The van der Waals surface area contributed by atoms with Crippen LogP contribution in [0.1, 0.15) is 226 Å². The maximum atomic E-state index is 12.8. The zero-order valence-electron chi connectivity index (χ0n) is 42.2. The number of allylic oxidation sites excluding steroid dienone is 10. The molecule has 0 spiro atoms. The predicted octanol–water partition coefficient (Wildman–Crippen LogP) is 14.0. The molecule has 8 heteroatoms. The van der Waals surface area contributed by atoms with Crippen molar-refractivity contribution in [1.82, 2.24) is 0 Å². The lowest BCUT2D eigenvalue weighted by Crippen LogP contribution is -2.55. The minimum Gasteiger partial charge on any atom is -0.544 e. The molecule has 0 radical (unpaired) electrons. The van der Waals surface area contributed by atoms with Crippen LogP contribution in [-0.2, 0) is 28.6 Å². The van der Waals surface area contributed by atoms with E-state index in [-0.39, 0.29) is 42.7 Å². The van der Waals surface area contributed by atoms with Crippen LogP contribution in [0.2, 0.25) is 0 Å². The first-order chi connectivity index (χ1) is 31.1. The molecule has 0 fully saturated rings. The van der Waals surface area contributed by atoms with Crippen LogP contribution >= 0.6 is 0 Å². The fourth-order valence-electron chi connectivity index (χ4n) is 7.69. The summed E-state index contributed by atoms with van der Waals surface area (Å²) >= 11 is 0. The number of hydrogen-bond donors (Lipinski definition) is 0. The standard InChI is InChI=1S/C56H99NO7/c1-6-8-10-12-14-16-18-20-22-24-26-27-28-29-31-33-35-37-39-41-43-45-47-55(59)64-52(50-62-49-48-53(56(60)61)57(3,4)5)51-63-54(58)46-44-42-40-38-36-34-32-30-25-23-21-19-17-15-13-11-9-7-2/h11,13,15,17,19,21,23,25,30,32,52-53H,6-10,12,14,16,18,20,22,24,26-29,31,33-51H2,1-5H3/b13-11+,17-15+,21-19+,25-23+,32-30+. The van der Waals surface area contributed by atoms with E-state index in [0.29, 0.717) is 12.8 Å². The molecule has 0 amide bonds. The molecule has 2 unspecified atom stereocenters. The number of carbonyl (C=O) groups excluding carboxylic acids is 3. The van der Waals surface area contributed by atoms with Gasteiger partial charge in [0.15, 0.2) is 6.10 Å². The molecular formula is C56H99NO7. The molecule has 0 aromatic carbocycles. The van der Waals surface area contributed by atoms with E-state index in [0.717, 1.165) is 64.2 Å². The van der Waals surface area contributed by atoms with Crippen LogP contribution in [0, 0.1) is 0 Å². The number of unbranched alkanes of at least 4 members (excludes halogenated alkanes) is 27. The maximum absolute atomic E-state index is 12.8. The van der Waals surface area contributed by atoms with Gasteiger partial charge in [-0.15, -0.1) is 0 Å². The van der Waals surface area contributed by atoms with E-state index < -0.39 is 18.1 Å². The fraction of sp³-hybridized carbons (Fsp3) is 0.768.